The van der Waals surface area contributed by atoms with E-state index in [0.717, 1.165) is 21.5 Å². The zero-order valence-corrected chi connectivity index (χ0v) is 28.3. The summed E-state index contributed by atoms with van der Waals surface area (Å²) in [5.41, 5.74) is 0.241. The minimum atomic E-state index is -0.768. The highest BCUT2D eigenvalue weighted by molar-refractivity contribution is 6.34. The number of hydrogen-bond acceptors (Lipinski definition) is 8. The molecule has 0 bridgehead atoms. The largest absolute Gasteiger partial charge is 0.322 e. The van der Waals surface area contributed by atoms with Gasteiger partial charge < -0.3 is 10.6 Å². The van der Waals surface area contributed by atoms with Gasteiger partial charge in [0.15, 0.2) is 17.3 Å². The van der Waals surface area contributed by atoms with E-state index in [0.29, 0.717) is 43.7 Å². The van der Waals surface area contributed by atoms with Crippen molar-refractivity contribution in [2.24, 2.45) is 0 Å². The Labute approximate surface area is 303 Å². The summed E-state index contributed by atoms with van der Waals surface area (Å²) in [6.45, 7) is 0. The van der Waals surface area contributed by atoms with Gasteiger partial charge in [0.25, 0.3) is 22.9 Å². The van der Waals surface area contributed by atoms with E-state index in [2.05, 4.69) is 20.6 Å². The van der Waals surface area contributed by atoms with Crippen LogP contribution in [-0.4, -0.2) is 42.2 Å². The van der Waals surface area contributed by atoms with Crippen LogP contribution in [0.4, 0.5) is 11.4 Å². The zero-order chi connectivity index (χ0) is 36.5. The lowest BCUT2D eigenvalue weighted by atomic mass is 10.0. The van der Waals surface area contributed by atoms with Gasteiger partial charge in [-0.2, -0.15) is 0 Å². The molecule has 2 N–H and O–H groups in total. The van der Waals surface area contributed by atoms with Crippen LogP contribution >= 0.6 is 23.2 Å². The molecule has 0 saturated heterocycles. The summed E-state index contributed by atoms with van der Waals surface area (Å²) in [6.07, 6.45) is 2.06. The predicted octanol–water partition coefficient (Wildman–Crippen LogP) is 5.80. The van der Waals surface area contributed by atoms with Crippen molar-refractivity contribution in [1.82, 2.24) is 18.8 Å². The molecule has 52 heavy (non-hydrogen) atoms. The van der Waals surface area contributed by atoms with E-state index in [1.54, 1.807) is 97.1 Å². The molecule has 0 aliphatic carbocycles. The fraction of sp³-hybridized carbons (Fsp3) is 0.0526. The molecule has 14 heteroatoms. The van der Waals surface area contributed by atoms with Crippen LogP contribution in [0, 0.1) is 0 Å². The second-order valence-corrected chi connectivity index (χ2v) is 12.5. The molecule has 0 aliphatic heterocycles. The van der Waals surface area contributed by atoms with Gasteiger partial charge in [0.2, 0.25) is 0 Å². The maximum absolute atomic E-state index is 13.6. The Morgan fingerprint density at radius 1 is 0.538 bits per heavy atom. The second-order valence-electron chi connectivity index (χ2n) is 11.7. The first kappa shape index (κ1) is 34.0. The number of imidazole rings is 2. The third-order valence-corrected chi connectivity index (χ3v) is 8.96. The summed E-state index contributed by atoms with van der Waals surface area (Å²) >= 11 is 12.2. The Morgan fingerprint density at radius 2 is 0.981 bits per heavy atom. The molecule has 2 amide bonds. The SMILES string of the molecule is O=C(Cc1ccc(NC(=O)c2ncn3c(=O)c4c(C(=O)Cc5ccc(NC(=O)c6ccccc6Cl)cc5)ncn4c(=O)c23)cc1)c1ccccc1Cl. The van der Waals surface area contributed by atoms with Crippen molar-refractivity contribution in [2.75, 3.05) is 10.6 Å². The monoisotopic (exact) mass is 730 g/mol. The van der Waals surface area contributed by atoms with Gasteiger partial charge in [-0.05, 0) is 59.7 Å². The van der Waals surface area contributed by atoms with Crippen molar-refractivity contribution in [3.05, 3.63) is 174 Å². The number of nitrogens with zero attached hydrogens (tertiary/aromatic N) is 4. The molecule has 0 unspecified atom stereocenters. The Bertz CT molecular complexity index is 2490. The highest BCUT2D eigenvalue weighted by Crippen LogP contribution is 2.21. The van der Waals surface area contributed by atoms with E-state index in [9.17, 15) is 28.8 Å². The van der Waals surface area contributed by atoms with Crippen LogP contribution in [0.25, 0.3) is 11.0 Å². The zero-order valence-electron chi connectivity index (χ0n) is 26.8. The number of fused-ring (bicyclic) bond motifs is 2. The average Bonchev–Trinajstić information content (AvgIpc) is 3.80. The number of ketones is 2. The van der Waals surface area contributed by atoms with Crippen molar-refractivity contribution < 1.29 is 19.2 Å². The summed E-state index contributed by atoms with van der Waals surface area (Å²) in [7, 11) is 0. The lowest BCUT2D eigenvalue weighted by Crippen LogP contribution is -2.28. The molecule has 0 aliphatic rings. The molecule has 0 saturated carbocycles. The number of rotatable bonds is 10. The minimum Gasteiger partial charge on any atom is -0.322 e. The fourth-order valence-electron chi connectivity index (χ4n) is 5.69. The average molecular weight is 732 g/mol. The van der Waals surface area contributed by atoms with Gasteiger partial charge in [0, 0.05) is 29.8 Å². The summed E-state index contributed by atoms with van der Waals surface area (Å²) in [5, 5.41) is 6.08. The van der Waals surface area contributed by atoms with E-state index in [4.69, 9.17) is 23.2 Å². The number of amides is 2. The summed E-state index contributed by atoms with van der Waals surface area (Å²) in [6, 6.07) is 26.5. The fourth-order valence-corrected chi connectivity index (χ4v) is 6.16. The van der Waals surface area contributed by atoms with E-state index >= 15 is 0 Å². The number of Topliss-reactive ketones (excluding diaryl/α,β-unsaturated/α-hetero) is 2. The molecular formula is C38H24Cl2N6O6. The molecule has 256 valence electrons. The van der Waals surface area contributed by atoms with Crippen LogP contribution in [-0.2, 0) is 12.8 Å². The topological polar surface area (TPSA) is 161 Å². The molecule has 7 rings (SSSR count). The number of nitrogens with one attached hydrogen (secondary N) is 2. The number of carbonyl (C=O) groups is 4. The van der Waals surface area contributed by atoms with E-state index < -0.39 is 28.7 Å². The van der Waals surface area contributed by atoms with Crippen molar-refractivity contribution in [1.29, 1.82) is 0 Å². The van der Waals surface area contributed by atoms with Gasteiger partial charge in [-0.15, -0.1) is 0 Å². The Hall–Kier alpha value is -6.50. The van der Waals surface area contributed by atoms with Crippen LogP contribution in [0.5, 0.6) is 0 Å². The quantitative estimate of drug-likeness (QED) is 0.167. The van der Waals surface area contributed by atoms with Crippen molar-refractivity contribution in [2.45, 2.75) is 12.8 Å². The van der Waals surface area contributed by atoms with Crippen LogP contribution in [0.15, 0.2) is 119 Å². The summed E-state index contributed by atoms with van der Waals surface area (Å²) < 4.78 is 1.85. The van der Waals surface area contributed by atoms with Gasteiger partial charge in [-0.3, -0.25) is 37.6 Å². The first-order valence-electron chi connectivity index (χ1n) is 15.7. The van der Waals surface area contributed by atoms with Crippen LogP contribution in [0.3, 0.4) is 0 Å². The Kier molecular flexibility index (Phi) is 9.16. The summed E-state index contributed by atoms with van der Waals surface area (Å²) in [4.78, 5) is 87.1. The van der Waals surface area contributed by atoms with Gasteiger partial charge in [0.1, 0.15) is 29.4 Å². The first-order valence-corrected chi connectivity index (χ1v) is 16.4. The number of benzene rings is 4. The molecular weight excluding hydrogens is 707 g/mol. The van der Waals surface area contributed by atoms with Crippen molar-refractivity contribution in [3.8, 4) is 0 Å². The van der Waals surface area contributed by atoms with Crippen molar-refractivity contribution >= 4 is 69.0 Å². The Balaban J connectivity index is 1.06. The molecule has 0 spiro atoms. The van der Waals surface area contributed by atoms with Gasteiger partial charge in [0.05, 0.1) is 15.6 Å². The molecule has 3 heterocycles. The van der Waals surface area contributed by atoms with E-state index in [1.165, 1.54) is 0 Å². The van der Waals surface area contributed by atoms with Crippen LogP contribution in [0.1, 0.15) is 52.8 Å². The number of hydrogen-bond donors (Lipinski definition) is 2. The molecule has 0 fully saturated rings. The molecule has 0 atom stereocenters. The van der Waals surface area contributed by atoms with E-state index in [1.807, 2.05) is 0 Å². The summed E-state index contributed by atoms with van der Waals surface area (Å²) in [5.74, 6) is -1.83. The molecule has 7 aromatic rings. The number of halogens is 2. The van der Waals surface area contributed by atoms with Crippen LogP contribution < -0.4 is 21.8 Å². The maximum atomic E-state index is 13.6. The lowest BCUT2D eigenvalue weighted by Gasteiger charge is -2.07. The lowest BCUT2D eigenvalue weighted by molar-refractivity contribution is 0.0983. The standard InChI is InChI=1S/C38H24Cl2N6O6/c39-27-7-3-1-5-25(27)29(47)17-21-9-15-24(16-10-21)44-36(50)32-34-38(52)45-19-41-31(33(45)37(51)46(34)20-42-32)30(48)18-22-11-13-23(14-12-22)43-35(49)26-6-2-4-8-28(26)40/h1-16,19-20H,17-18H2,(H,43,49)(H,44,50). The normalized spacial score (nSPS) is 11.1. The molecule has 12 nitrogen and oxygen atoms in total. The van der Waals surface area contributed by atoms with Crippen molar-refractivity contribution in [3.63, 3.8) is 0 Å². The Morgan fingerprint density at radius 3 is 1.52 bits per heavy atom. The van der Waals surface area contributed by atoms with Gasteiger partial charge >= 0.3 is 0 Å². The molecule has 0 radical (unpaired) electrons. The highest BCUT2D eigenvalue weighted by Gasteiger charge is 2.25. The van der Waals surface area contributed by atoms with Gasteiger partial charge in [-0.25, -0.2) is 9.97 Å². The third kappa shape index (κ3) is 6.55. The first-order chi connectivity index (χ1) is 25.1. The number of anilines is 2. The van der Waals surface area contributed by atoms with Gasteiger partial charge in [-0.1, -0.05) is 71.7 Å². The second kappa shape index (κ2) is 14.0. The predicted molar refractivity (Wildman–Crippen MR) is 195 cm³/mol. The maximum Gasteiger partial charge on any atom is 0.283 e. The highest BCUT2D eigenvalue weighted by atomic mass is 35.5. The number of carbonyl (C=O) groups excluding carboxylic acids is 4. The number of aromatic nitrogens is 4. The third-order valence-electron chi connectivity index (χ3n) is 8.30. The minimum absolute atomic E-state index is 0.0953. The smallest absolute Gasteiger partial charge is 0.283 e. The van der Waals surface area contributed by atoms with E-state index in [-0.39, 0.29) is 41.0 Å². The van der Waals surface area contributed by atoms with Crippen LogP contribution in [0.2, 0.25) is 10.0 Å². The molecule has 4 aromatic carbocycles. The molecule has 3 aromatic heterocycles.